The number of rotatable bonds is 5. The SMILES string of the molecule is CC1(C)Cc2c(c(Nc3ccccc3)c(-c3ccncc3)n2CC(F)(F)F)C(C=O)C1. The Balaban J connectivity index is 2.03. The second-order valence-electron chi connectivity index (χ2n) is 8.80. The lowest BCUT2D eigenvalue weighted by molar-refractivity contribution is -0.140. The zero-order valence-corrected chi connectivity index (χ0v) is 17.4. The summed E-state index contributed by atoms with van der Waals surface area (Å²) < 4.78 is 42.4. The maximum atomic E-state index is 13.7. The van der Waals surface area contributed by atoms with E-state index in [4.69, 9.17) is 0 Å². The molecule has 0 bridgehead atoms. The molecule has 7 heteroatoms. The Labute approximate surface area is 179 Å². The Morgan fingerprint density at radius 2 is 1.84 bits per heavy atom. The van der Waals surface area contributed by atoms with Crippen molar-refractivity contribution >= 4 is 17.7 Å². The molecule has 2 heterocycles. The van der Waals surface area contributed by atoms with Gasteiger partial charge in [-0.25, -0.2) is 0 Å². The van der Waals surface area contributed by atoms with Crippen LogP contribution in [0.5, 0.6) is 0 Å². The second-order valence-corrected chi connectivity index (χ2v) is 8.80. The molecule has 4 nitrogen and oxygen atoms in total. The van der Waals surface area contributed by atoms with Crippen molar-refractivity contribution in [2.24, 2.45) is 5.41 Å². The number of alkyl halides is 3. The van der Waals surface area contributed by atoms with E-state index < -0.39 is 18.6 Å². The lowest BCUT2D eigenvalue weighted by atomic mass is 9.71. The number of carbonyl (C=O) groups excluding carboxylic acids is 1. The van der Waals surface area contributed by atoms with Crippen LogP contribution >= 0.6 is 0 Å². The van der Waals surface area contributed by atoms with Gasteiger partial charge in [-0.1, -0.05) is 32.0 Å². The Bertz CT molecular complexity index is 1070. The van der Waals surface area contributed by atoms with Crippen LogP contribution in [-0.4, -0.2) is 22.0 Å². The number of nitrogens with zero attached hydrogens (tertiary/aromatic N) is 2. The monoisotopic (exact) mass is 427 g/mol. The van der Waals surface area contributed by atoms with Crippen molar-refractivity contribution in [2.75, 3.05) is 5.32 Å². The minimum Gasteiger partial charge on any atom is -0.354 e. The van der Waals surface area contributed by atoms with E-state index in [1.54, 1.807) is 24.5 Å². The molecule has 1 aromatic carbocycles. The normalized spacial score (nSPS) is 17.8. The highest BCUT2D eigenvalue weighted by molar-refractivity contribution is 5.86. The number of carbonyl (C=O) groups is 1. The molecule has 1 aliphatic carbocycles. The molecule has 0 aliphatic heterocycles. The number of aldehydes is 1. The summed E-state index contributed by atoms with van der Waals surface area (Å²) in [5.74, 6) is -0.486. The fourth-order valence-electron chi connectivity index (χ4n) is 4.57. The molecule has 0 radical (unpaired) electrons. The first-order valence-corrected chi connectivity index (χ1v) is 10.2. The van der Waals surface area contributed by atoms with Crippen LogP contribution < -0.4 is 5.32 Å². The van der Waals surface area contributed by atoms with Gasteiger partial charge in [0.15, 0.2) is 0 Å². The molecule has 1 aliphatic rings. The Morgan fingerprint density at radius 3 is 2.45 bits per heavy atom. The zero-order valence-electron chi connectivity index (χ0n) is 17.4. The fourth-order valence-corrected chi connectivity index (χ4v) is 4.57. The predicted molar refractivity (Wildman–Crippen MR) is 114 cm³/mol. The molecule has 0 saturated carbocycles. The van der Waals surface area contributed by atoms with E-state index in [9.17, 15) is 18.0 Å². The van der Waals surface area contributed by atoms with Gasteiger partial charge in [0.2, 0.25) is 0 Å². The number of aromatic nitrogens is 2. The van der Waals surface area contributed by atoms with E-state index >= 15 is 0 Å². The molecule has 0 spiro atoms. The summed E-state index contributed by atoms with van der Waals surface area (Å²) in [6.45, 7) is 2.87. The Hall–Kier alpha value is -3.09. The van der Waals surface area contributed by atoms with E-state index in [0.29, 0.717) is 41.0 Å². The highest BCUT2D eigenvalue weighted by Crippen LogP contribution is 2.50. The minimum atomic E-state index is -4.41. The molecule has 0 fully saturated rings. The quantitative estimate of drug-likeness (QED) is 0.500. The van der Waals surface area contributed by atoms with Crippen molar-refractivity contribution in [3.63, 3.8) is 0 Å². The molecule has 162 valence electrons. The molecule has 1 unspecified atom stereocenters. The van der Waals surface area contributed by atoms with Gasteiger partial charge in [-0.05, 0) is 42.5 Å². The van der Waals surface area contributed by atoms with Crippen LogP contribution in [0.15, 0.2) is 54.9 Å². The number of pyridine rings is 1. The third kappa shape index (κ3) is 4.36. The summed E-state index contributed by atoms with van der Waals surface area (Å²) in [6.07, 6.45) is 0.622. The van der Waals surface area contributed by atoms with Crippen molar-refractivity contribution in [1.82, 2.24) is 9.55 Å². The molecule has 1 atom stereocenters. The zero-order chi connectivity index (χ0) is 22.2. The first-order valence-electron chi connectivity index (χ1n) is 10.2. The lowest BCUT2D eigenvalue weighted by Gasteiger charge is -2.34. The number of halogens is 3. The number of hydrogen-bond donors (Lipinski definition) is 1. The van der Waals surface area contributed by atoms with Gasteiger partial charge in [0.05, 0.1) is 11.4 Å². The topological polar surface area (TPSA) is 46.9 Å². The lowest BCUT2D eigenvalue weighted by Crippen LogP contribution is -2.29. The number of benzene rings is 1. The number of para-hydroxylation sites is 1. The molecule has 0 saturated heterocycles. The molecule has 4 rings (SSSR count). The maximum Gasteiger partial charge on any atom is 0.406 e. The van der Waals surface area contributed by atoms with Crippen molar-refractivity contribution in [3.05, 3.63) is 66.1 Å². The number of anilines is 2. The summed E-state index contributed by atoms with van der Waals surface area (Å²) >= 11 is 0. The first kappa shape index (κ1) is 21.2. The van der Waals surface area contributed by atoms with Gasteiger partial charge in [0.1, 0.15) is 12.8 Å². The average molecular weight is 427 g/mol. The Morgan fingerprint density at radius 1 is 1.16 bits per heavy atom. The number of hydrogen-bond acceptors (Lipinski definition) is 3. The number of nitrogens with one attached hydrogen (secondary N) is 1. The van der Waals surface area contributed by atoms with Crippen LogP contribution in [0, 0.1) is 5.41 Å². The van der Waals surface area contributed by atoms with Gasteiger partial charge in [-0.2, -0.15) is 13.2 Å². The summed E-state index contributed by atoms with van der Waals surface area (Å²) in [4.78, 5) is 16.1. The smallest absolute Gasteiger partial charge is 0.354 e. The van der Waals surface area contributed by atoms with Gasteiger partial charge in [0, 0.05) is 40.8 Å². The van der Waals surface area contributed by atoms with E-state index in [1.807, 2.05) is 44.2 Å². The third-order valence-corrected chi connectivity index (χ3v) is 5.70. The Kier molecular flexibility index (Phi) is 5.37. The van der Waals surface area contributed by atoms with Crippen molar-refractivity contribution in [2.45, 2.75) is 45.3 Å². The van der Waals surface area contributed by atoms with Crippen molar-refractivity contribution < 1.29 is 18.0 Å². The van der Waals surface area contributed by atoms with Crippen molar-refractivity contribution in [1.29, 1.82) is 0 Å². The van der Waals surface area contributed by atoms with E-state index in [2.05, 4.69) is 10.3 Å². The first-order chi connectivity index (χ1) is 14.7. The average Bonchev–Trinajstić information content (AvgIpc) is 2.99. The minimum absolute atomic E-state index is 0.292. The van der Waals surface area contributed by atoms with Crippen LogP contribution in [-0.2, 0) is 17.8 Å². The molecular weight excluding hydrogens is 403 g/mol. The van der Waals surface area contributed by atoms with Gasteiger partial charge in [-0.3, -0.25) is 4.98 Å². The van der Waals surface area contributed by atoms with Gasteiger partial charge >= 0.3 is 6.18 Å². The van der Waals surface area contributed by atoms with Crippen LogP contribution in [0.2, 0.25) is 0 Å². The summed E-state index contributed by atoms with van der Waals surface area (Å²) in [5, 5.41) is 3.33. The maximum absolute atomic E-state index is 13.7. The standard InChI is InChI=1S/C24H24F3N3O/c1-23(2)12-17(14-31)20-19(13-23)30(15-24(25,26)27)22(16-8-10-28-11-9-16)21(20)29-18-6-4-3-5-7-18/h3-11,14,17,29H,12-13,15H2,1-2H3. The number of fused-ring (bicyclic) bond motifs is 1. The van der Waals surface area contributed by atoms with Crippen LogP contribution in [0.1, 0.15) is 37.4 Å². The van der Waals surface area contributed by atoms with Crippen LogP contribution in [0.4, 0.5) is 24.5 Å². The van der Waals surface area contributed by atoms with E-state index in [1.165, 1.54) is 4.57 Å². The highest BCUT2D eigenvalue weighted by Gasteiger charge is 2.41. The molecule has 1 N–H and O–H groups in total. The fraction of sp³-hybridized carbons (Fsp3) is 0.333. The third-order valence-electron chi connectivity index (χ3n) is 5.70. The summed E-state index contributed by atoms with van der Waals surface area (Å²) in [6, 6.07) is 12.7. The molecule has 2 aromatic heterocycles. The molecule has 3 aromatic rings. The van der Waals surface area contributed by atoms with E-state index in [-0.39, 0.29) is 5.41 Å². The van der Waals surface area contributed by atoms with E-state index in [0.717, 1.165) is 12.0 Å². The highest BCUT2D eigenvalue weighted by atomic mass is 19.4. The van der Waals surface area contributed by atoms with Gasteiger partial charge in [-0.15, -0.1) is 0 Å². The van der Waals surface area contributed by atoms with Crippen molar-refractivity contribution in [3.8, 4) is 11.3 Å². The van der Waals surface area contributed by atoms with Gasteiger partial charge < -0.3 is 14.7 Å². The van der Waals surface area contributed by atoms with Crippen LogP contribution in [0.25, 0.3) is 11.3 Å². The van der Waals surface area contributed by atoms with Crippen LogP contribution in [0.3, 0.4) is 0 Å². The summed E-state index contributed by atoms with van der Waals surface area (Å²) in [5.41, 5.74) is 3.29. The largest absolute Gasteiger partial charge is 0.406 e. The second kappa shape index (κ2) is 7.87. The summed E-state index contributed by atoms with van der Waals surface area (Å²) in [7, 11) is 0. The molecular formula is C24H24F3N3O. The molecule has 31 heavy (non-hydrogen) atoms. The molecule has 0 amide bonds. The predicted octanol–water partition coefficient (Wildman–Crippen LogP) is 6.11. The van der Waals surface area contributed by atoms with Gasteiger partial charge in [0.25, 0.3) is 0 Å².